The summed E-state index contributed by atoms with van der Waals surface area (Å²) in [6.07, 6.45) is 0.695. The van der Waals surface area contributed by atoms with Crippen LogP contribution in [0.3, 0.4) is 0 Å². The van der Waals surface area contributed by atoms with Crippen LogP contribution in [0.2, 0.25) is 20.1 Å². The van der Waals surface area contributed by atoms with Crippen molar-refractivity contribution in [3.05, 3.63) is 92.4 Å². The molecule has 39 heavy (non-hydrogen) atoms. The Morgan fingerprint density at radius 1 is 0.897 bits per heavy atom. The van der Waals surface area contributed by atoms with Gasteiger partial charge in [0.2, 0.25) is 11.8 Å². The van der Waals surface area contributed by atoms with Crippen molar-refractivity contribution < 1.29 is 18.0 Å². The van der Waals surface area contributed by atoms with E-state index in [0.29, 0.717) is 33.6 Å². The molecule has 0 aliphatic carbocycles. The molecule has 3 aromatic rings. The highest BCUT2D eigenvalue weighted by Crippen LogP contribution is 2.33. The van der Waals surface area contributed by atoms with Gasteiger partial charge in [0.05, 0.1) is 15.6 Å². The number of halogens is 4. The lowest BCUT2D eigenvalue weighted by Gasteiger charge is -2.32. The van der Waals surface area contributed by atoms with Crippen molar-refractivity contribution in [1.29, 1.82) is 0 Å². The summed E-state index contributed by atoms with van der Waals surface area (Å²) in [7, 11) is -4.26. The molecule has 3 rings (SSSR count). The molecule has 0 saturated heterocycles. The van der Waals surface area contributed by atoms with Gasteiger partial charge in [0.25, 0.3) is 10.0 Å². The number of sulfonamides is 1. The van der Waals surface area contributed by atoms with Gasteiger partial charge in [0.1, 0.15) is 12.6 Å². The quantitative estimate of drug-likeness (QED) is 0.264. The van der Waals surface area contributed by atoms with Gasteiger partial charge in [-0.05, 0) is 55.8 Å². The molecule has 7 nitrogen and oxygen atoms in total. The van der Waals surface area contributed by atoms with Crippen molar-refractivity contribution in [2.75, 3.05) is 17.4 Å². The van der Waals surface area contributed by atoms with Crippen LogP contribution in [0.15, 0.2) is 71.6 Å². The van der Waals surface area contributed by atoms with Crippen LogP contribution in [0.25, 0.3) is 0 Å². The lowest BCUT2D eigenvalue weighted by Crippen LogP contribution is -2.51. The SMILES string of the molecule is CCCNC(=O)C(C)N(Cc1c(Cl)cccc1Cl)C(=O)CN(c1ccc(Cl)cc1Cl)S(=O)(=O)c1ccccc1. The molecule has 0 bridgehead atoms. The number of nitrogens with one attached hydrogen (secondary N) is 1. The Hall–Kier alpha value is -2.49. The second-order valence-corrected chi connectivity index (χ2v) is 12.1. The van der Waals surface area contributed by atoms with E-state index in [1.54, 1.807) is 43.3 Å². The van der Waals surface area contributed by atoms with Crippen LogP contribution in [0.4, 0.5) is 5.69 Å². The molecule has 1 atom stereocenters. The lowest BCUT2D eigenvalue weighted by atomic mass is 10.1. The molecule has 0 saturated carbocycles. The number of amides is 2. The zero-order valence-electron chi connectivity index (χ0n) is 21.2. The first-order valence-corrected chi connectivity index (χ1v) is 15.0. The molecule has 3 aromatic carbocycles. The number of hydrogen-bond donors (Lipinski definition) is 1. The van der Waals surface area contributed by atoms with E-state index < -0.39 is 34.4 Å². The zero-order valence-corrected chi connectivity index (χ0v) is 25.0. The van der Waals surface area contributed by atoms with Gasteiger partial charge in [-0.1, -0.05) is 77.6 Å². The highest BCUT2D eigenvalue weighted by Gasteiger charge is 2.33. The number of hydrogen-bond acceptors (Lipinski definition) is 4. The highest BCUT2D eigenvalue weighted by atomic mass is 35.5. The van der Waals surface area contributed by atoms with Gasteiger partial charge in [-0.15, -0.1) is 0 Å². The Labute approximate surface area is 248 Å². The predicted molar refractivity (Wildman–Crippen MR) is 157 cm³/mol. The topological polar surface area (TPSA) is 86.8 Å². The van der Waals surface area contributed by atoms with E-state index in [2.05, 4.69) is 5.32 Å². The Morgan fingerprint density at radius 2 is 1.54 bits per heavy atom. The minimum absolute atomic E-state index is 0.0317. The average molecular weight is 631 g/mol. The molecule has 208 valence electrons. The maximum absolute atomic E-state index is 13.9. The summed E-state index contributed by atoms with van der Waals surface area (Å²) < 4.78 is 28.5. The number of nitrogens with zero attached hydrogens (tertiary/aromatic N) is 2. The second-order valence-electron chi connectivity index (χ2n) is 8.61. The van der Waals surface area contributed by atoms with Crippen LogP contribution in [-0.4, -0.2) is 44.3 Å². The fourth-order valence-corrected chi connectivity index (χ4v) is 6.28. The summed E-state index contributed by atoms with van der Waals surface area (Å²) >= 11 is 25.2. The van der Waals surface area contributed by atoms with Crippen molar-refractivity contribution in [3.63, 3.8) is 0 Å². The van der Waals surface area contributed by atoms with E-state index in [0.717, 1.165) is 4.31 Å². The van der Waals surface area contributed by atoms with Gasteiger partial charge in [-0.2, -0.15) is 0 Å². The molecule has 0 aliphatic rings. The largest absolute Gasteiger partial charge is 0.354 e. The molecule has 1 N–H and O–H groups in total. The fraction of sp³-hybridized carbons (Fsp3) is 0.259. The molecule has 0 aromatic heterocycles. The molecule has 0 spiro atoms. The van der Waals surface area contributed by atoms with Crippen molar-refractivity contribution in [2.24, 2.45) is 0 Å². The zero-order chi connectivity index (χ0) is 28.7. The van der Waals surface area contributed by atoms with Gasteiger partial charge in [0, 0.05) is 33.7 Å². The van der Waals surface area contributed by atoms with E-state index in [1.165, 1.54) is 35.2 Å². The third-order valence-corrected chi connectivity index (χ3v) is 8.92. The monoisotopic (exact) mass is 629 g/mol. The third-order valence-electron chi connectivity index (χ3n) is 5.90. The molecule has 1 unspecified atom stereocenters. The van der Waals surface area contributed by atoms with E-state index in [9.17, 15) is 18.0 Å². The van der Waals surface area contributed by atoms with Crippen molar-refractivity contribution >= 4 is 73.9 Å². The summed E-state index contributed by atoms with van der Waals surface area (Å²) in [5, 5.41) is 3.70. The fourth-order valence-electron chi connectivity index (χ4n) is 3.75. The molecule has 12 heteroatoms. The summed E-state index contributed by atoms with van der Waals surface area (Å²) in [5.74, 6) is -1.08. The van der Waals surface area contributed by atoms with Gasteiger partial charge < -0.3 is 10.2 Å². The van der Waals surface area contributed by atoms with Crippen LogP contribution in [-0.2, 0) is 26.2 Å². The Bertz CT molecular complexity index is 1420. The molecule has 2 amide bonds. The smallest absolute Gasteiger partial charge is 0.264 e. The maximum atomic E-state index is 13.9. The van der Waals surface area contributed by atoms with Crippen molar-refractivity contribution in [3.8, 4) is 0 Å². The minimum Gasteiger partial charge on any atom is -0.354 e. The maximum Gasteiger partial charge on any atom is 0.264 e. The van der Waals surface area contributed by atoms with Crippen LogP contribution < -0.4 is 9.62 Å². The summed E-state index contributed by atoms with van der Waals surface area (Å²) in [6.45, 7) is 3.07. The highest BCUT2D eigenvalue weighted by molar-refractivity contribution is 7.92. The summed E-state index contributed by atoms with van der Waals surface area (Å²) in [5.41, 5.74) is 0.475. The van der Waals surface area contributed by atoms with E-state index in [4.69, 9.17) is 46.4 Å². The van der Waals surface area contributed by atoms with Gasteiger partial charge >= 0.3 is 0 Å². The predicted octanol–water partition coefficient (Wildman–Crippen LogP) is 6.44. The van der Waals surface area contributed by atoms with E-state index in [-0.39, 0.29) is 22.2 Å². The number of carbonyl (C=O) groups is 2. The normalized spacial score (nSPS) is 12.1. The van der Waals surface area contributed by atoms with Crippen LogP contribution in [0.5, 0.6) is 0 Å². The summed E-state index contributed by atoms with van der Waals surface area (Å²) in [4.78, 5) is 28.1. The van der Waals surface area contributed by atoms with Crippen LogP contribution in [0.1, 0.15) is 25.8 Å². The minimum atomic E-state index is -4.26. The first kappa shape index (κ1) is 31.0. The number of rotatable bonds is 11. The van der Waals surface area contributed by atoms with Gasteiger partial charge in [-0.25, -0.2) is 8.42 Å². The standard InChI is InChI=1S/C27H27Cl4N3O4S/c1-3-14-32-27(36)18(2)33(16-21-22(29)10-7-11-23(21)30)26(35)17-34(25-13-12-19(28)15-24(25)31)39(37,38)20-8-5-4-6-9-20/h4-13,15,18H,3,14,16-17H2,1-2H3,(H,32,36). The number of carbonyl (C=O) groups excluding carboxylic acids is 2. The Balaban J connectivity index is 2.08. The molecule has 0 radical (unpaired) electrons. The Kier molecular flexibility index (Phi) is 10.9. The molecule has 0 fully saturated rings. The average Bonchev–Trinajstić information content (AvgIpc) is 2.90. The van der Waals surface area contributed by atoms with Gasteiger partial charge in [-0.3, -0.25) is 13.9 Å². The molecular weight excluding hydrogens is 604 g/mol. The van der Waals surface area contributed by atoms with E-state index in [1.807, 2.05) is 6.92 Å². The Morgan fingerprint density at radius 3 is 2.13 bits per heavy atom. The molecule has 0 heterocycles. The lowest BCUT2D eigenvalue weighted by molar-refractivity contribution is -0.139. The number of benzene rings is 3. The van der Waals surface area contributed by atoms with E-state index >= 15 is 0 Å². The molecular formula is C27H27Cl4N3O4S. The van der Waals surface area contributed by atoms with Crippen LogP contribution in [0, 0.1) is 0 Å². The van der Waals surface area contributed by atoms with Gasteiger partial charge in [0.15, 0.2) is 0 Å². The number of anilines is 1. The first-order chi connectivity index (χ1) is 18.5. The van der Waals surface area contributed by atoms with Crippen molar-refractivity contribution in [2.45, 2.75) is 37.8 Å². The third kappa shape index (κ3) is 7.58. The van der Waals surface area contributed by atoms with Crippen molar-refractivity contribution in [1.82, 2.24) is 10.2 Å². The molecule has 0 aliphatic heterocycles. The first-order valence-electron chi connectivity index (χ1n) is 12.0. The van der Waals surface area contributed by atoms with Crippen LogP contribution >= 0.6 is 46.4 Å². The second kappa shape index (κ2) is 13.7. The summed E-state index contributed by atoms with van der Waals surface area (Å²) in [6, 6.07) is 15.9.